The number of benzene rings is 1. The molecular weight excluding hydrogens is 286 g/mol. The van der Waals surface area contributed by atoms with Gasteiger partial charge in [0.1, 0.15) is 0 Å². The van der Waals surface area contributed by atoms with Gasteiger partial charge in [-0.3, -0.25) is 14.9 Å². The van der Waals surface area contributed by atoms with Gasteiger partial charge in [0.05, 0.1) is 18.5 Å². The summed E-state index contributed by atoms with van der Waals surface area (Å²) in [6, 6.07) is 6.19. The number of rotatable bonds is 4. The molecule has 3 rings (SSSR count). The fraction of sp³-hybridized carbons (Fsp3) is 0.375. The Hall–Kier alpha value is -1.49. The van der Waals surface area contributed by atoms with Gasteiger partial charge in [-0.15, -0.1) is 0 Å². The van der Waals surface area contributed by atoms with E-state index in [9.17, 15) is 5.11 Å². The molecule has 0 bridgehead atoms. The first-order valence-corrected chi connectivity index (χ1v) is 7.55. The smallest absolute Gasteiger partial charge is 0.0885 e. The molecule has 110 valence electrons. The van der Waals surface area contributed by atoms with Crippen LogP contribution in [0.2, 0.25) is 5.02 Å². The summed E-state index contributed by atoms with van der Waals surface area (Å²) in [5, 5.41) is 10.2. The lowest BCUT2D eigenvalue weighted by Gasteiger charge is -2.23. The molecule has 0 amide bonds. The van der Waals surface area contributed by atoms with Crippen LogP contribution in [0.15, 0.2) is 36.8 Å². The Morgan fingerprint density at radius 1 is 1.33 bits per heavy atom. The van der Waals surface area contributed by atoms with Crippen molar-refractivity contribution in [2.45, 2.75) is 25.4 Å². The van der Waals surface area contributed by atoms with Gasteiger partial charge in [0.15, 0.2) is 0 Å². The fourth-order valence-corrected chi connectivity index (χ4v) is 3.01. The van der Waals surface area contributed by atoms with Gasteiger partial charge >= 0.3 is 0 Å². The molecule has 1 aliphatic rings. The lowest BCUT2D eigenvalue weighted by Crippen LogP contribution is -2.31. The number of aliphatic hydroxyl groups excluding tert-OH is 1. The Kier molecular flexibility index (Phi) is 4.48. The van der Waals surface area contributed by atoms with Gasteiger partial charge in [-0.25, -0.2) is 0 Å². The third-order valence-electron chi connectivity index (χ3n) is 3.99. The summed E-state index contributed by atoms with van der Waals surface area (Å²) in [6.45, 7) is 1.98. The maximum atomic E-state index is 9.42. The Morgan fingerprint density at radius 2 is 2.24 bits per heavy atom. The zero-order valence-corrected chi connectivity index (χ0v) is 12.5. The lowest BCUT2D eigenvalue weighted by atomic mass is 10.1. The van der Waals surface area contributed by atoms with E-state index in [1.807, 2.05) is 12.1 Å². The number of nitrogens with zero attached hydrogens (tertiary/aromatic N) is 3. The van der Waals surface area contributed by atoms with Crippen LogP contribution in [-0.2, 0) is 6.54 Å². The summed E-state index contributed by atoms with van der Waals surface area (Å²) in [6.07, 6.45) is 7.28. The molecular formula is C16H18ClN3O. The topological polar surface area (TPSA) is 49.2 Å². The zero-order valence-electron chi connectivity index (χ0n) is 11.7. The molecule has 2 aromatic rings. The summed E-state index contributed by atoms with van der Waals surface area (Å²) in [7, 11) is 0. The van der Waals surface area contributed by atoms with Crippen molar-refractivity contribution in [3.63, 3.8) is 0 Å². The lowest BCUT2D eigenvalue weighted by molar-refractivity contribution is 0.153. The number of likely N-dealkylation sites (tertiary alicyclic amines) is 1. The molecule has 4 nitrogen and oxygen atoms in total. The van der Waals surface area contributed by atoms with Crippen LogP contribution in [0.25, 0.3) is 11.3 Å². The predicted octanol–water partition coefficient (Wildman–Crippen LogP) is 2.75. The normalized spacial score (nSPS) is 19.0. The molecule has 1 atom stereocenters. The van der Waals surface area contributed by atoms with Crippen LogP contribution in [0, 0.1) is 0 Å². The van der Waals surface area contributed by atoms with E-state index in [1.54, 1.807) is 18.6 Å². The van der Waals surface area contributed by atoms with Gasteiger partial charge in [0.2, 0.25) is 0 Å². The Morgan fingerprint density at radius 3 is 3.00 bits per heavy atom. The van der Waals surface area contributed by atoms with Crippen molar-refractivity contribution in [1.29, 1.82) is 0 Å². The highest BCUT2D eigenvalue weighted by atomic mass is 35.5. The highest BCUT2D eigenvalue weighted by molar-refractivity contribution is 6.31. The minimum atomic E-state index is 0.210. The van der Waals surface area contributed by atoms with Crippen LogP contribution in [0.3, 0.4) is 0 Å². The fourth-order valence-electron chi connectivity index (χ4n) is 2.83. The van der Waals surface area contributed by atoms with E-state index in [1.165, 1.54) is 0 Å². The van der Waals surface area contributed by atoms with Crippen LogP contribution in [0.1, 0.15) is 18.4 Å². The highest BCUT2D eigenvalue weighted by Crippen LogP contribution is 2.27. The van der Waals surface area contributed by atoms with Crippen molar-refractivity contribution in [1.82, 2.24) is 14.9 Å². The monoisotopic (exact) mass is 303 g/mol. The SMILES string of the molecule is OC[C@@H]1CCCN1Cc1cc(-c2cnccn2)ccc1Cl. The van der Waals surface area contributed by atoms with Crippen LogP contribution < -0.4 is 0 Å². The molecule has 21 heavy (non-hydrogen) atoms. The van der Waals surface area contributed by atoms with E-state index in [4.69, 9.17) is 11.6 Å². The molecule has 1 N–H and O–H groups in total. The number of hydrogen-bond acceptors (Lipinski definition) is 4. The number of aromatic nitrogens is 2. The Balaban J connectivity index is 1.85. The molecule has 0 saturated carbocycles. The minimum Gasteiger partial charge on any atom is -0.395 e. The molecule has 1 saturated heterocycles. The second kappa shape index (κ2) is 6.52. The van der Waals surface area contributed by atoms with Crippen molar-refractivity contribution in [2.24, 2.45) is 0 Å². The highest BCUT2D eigenvalue weighted by Gasteiger charge is 2.24. The van der Waals surface area contributed by atoms with Crippen LogP contribution >= 0.6 is 11.6 Å². The van der Waals surface area contributed by atoms with Crippen molar-refractivity contribution < 1.29 is 5.11 Å². The minimum absolute atomic E-state index is 0.210. The first-order chi connectivity index (χ1) is 10.3. The molecule has 0 unspecified atom stereocenters. The van der Waals surface area contributed by atoms with E-state index in [0.29, 0.717) is 0 Å². The van der Waals surface area contributed by atoms with Gasteiger partial charge in [0, 0.05) is 35.6 Å². The molecule has 1 aromatic carbocycles. The van der Waals surface area contributed by atoms with Crippen molar-refractivity contribution in [3.05, 3.63) is 47.4 Å². The second-order valence-corrected chi connectivity index (χ2v) is 5.75. The average molecular weight is 304 g/mol. The summed E-state index contributed by atoms with van der Waals surface area (Å²) >= 11 is 6.33. The van der Waals surface area contributed by atoms with Gasteiger partial charge in [0.25, 0.3) is 0 Å². The van der Waals surface area contributed by atoms with Gasteiger partial charge < -0.3 is 5.11 Å². The van der Waals surface area contributed by atoms with Crippen molar-refractivity contribution >= 4 is 11.6 Å². The Labute approximate surface area is 129 Å². The van der Waals surface area contributed by atoms with Crippen molar-refractivity contribution in [3.8, 4) is 11.3 Å². The predicted molar refractivity (Wildman–Crippen MR) is 83.0 cm³/mol. The van der Waals surface area contributed by atoms with Gasteiger partial charge in [-0.05, 0) is 37.1 Å². The maximum Gasteiger partial charge on any atom is 0.0885 e. The molecule has 1 aromatic heterocycles. The third kappa shape index (κ3) is 3.23. The first-order valence-electron chi connectivity index (χ1n) is 7.17. The quantitative estimate of drug-likeness (QED) is 0.943. The molecule has 0 aliphatic carbocycles. The molecule has 2 heterocycles. The largest absolute Gasteiger partial charge is 0.395 e. The van der Waals surface area contributed by atoms with Crippen LogP contribution in [0.5, 0.6) is 0 Å². The molecule has 0 radical (unpaired) electrons. The molecule has 1 fully saturated rings. The van der Waals surface area contributed by atoms with E-state index >= 15 is 0 Å². The Bertz CT molecular complexity index is 606. The van der Waals surface area contributed by atoms with Crippen molar-refractivity contribution in [2.75, 3.05) is 13.2 Å². The number of hydrogen-bond donors (Lipinski definition) is 1. The van der Waals surface area contributed by atoms with Gasteiger partial charge in [-0.2, -0.15) is 0 Å². The van der Waals surface area contributed by atoms with Crippen LogP contribution in [-0.4, -0.2) is 39.2 Å². The summed E-state index contributed by atoms with van der Waals surface area (Å²) in [5.41, 5.74) is 2.93. The summed E-state index contributed by atoms with van der Waals surface area (Å²) in [5.74, 6) is 0. The average Bonchev–Trinajstić information content (AvgIpc) is 2.97. The van der Waals surface area contributed by atoms with E-state index in [0.717, 1.165) is 47.8 Å². The van der Waals surface area contributed by atoms with Crippen LogP contribution in [0.4, 0.5) is 0 Å². The van der Waals surface area contributed by atoms with E-state index in [-0.39, 0.29) is 12.6 Å². The van der Waals surface area contributed by atoms with E-state index in [2.05, 4.69) is 20.9 Å². The summed E-state index contributed by atoms with van der Waals surface area (Å²) in [4.78, 5) is 10.7. The number of halogens is 1. The standard InChI is InChI=1S/C16H18ClN3O/c17-15-4-3-12(16-9-18-5-6-19-16)8-13(15)10-20-7-1-2-14(20)11-21/h3-6,8-9,14,21H,1-2,7,10-11H2/t14-/m0/s1. The molecule has 0 spiro atoms. The summed E-state index contributed by atoms with van der Waals surface area (Å²) < 4.78 is 0. The second-order valence-electron chi connectivity index (χ2n) is 5.35. The van der Waals surface area contributed by atoms with Gasteiger partial charge in [-0.1, -0.05) is 17.7 Å². The number of aliphatic hydroxyl groups is 1. The van der Waals surface area contributed by atoms with E-state index < -0.39 is 0 Å². The molecule has 1 aliphatic heterocycles. The third-order valence-corrected chi connectivity index (χ3v) is 4.36. The first kappa shape index (κ1) is 14.4. The molecule has 5 heteroatoms. The zero-order chi connectivity index (χ0) is 14.7. The maximum absolute atomic E-state index is 9.42.